The van der Waals surface area contributed by atoms with Crippen LogP contribution in [0.3, 0.4) is 0 Å². The lowest BCUT2D eigenvalue weighted by atomic mass is 9.75. The number of nitrogens with two attached hydrogens (primary N) is 1. The molecule has 0 bridgehead atoms. The summed E-state index contributed by atoms with van der Waals surface area (Å²) in [6, 6.07) is 5.66. The van der Waals surface area contributed by atoms with E-state index >= 15 is 0 Å². The van der Waals surface area contributed by atoms with Crippen LogP contribution >= 0.6 is 0 Å². The topological polar surface area (TPSA) is 26.0 Å². The van der Waals surface area contributed by atoms with Gasteiger partial charge in [0.05, 0.1) is 5.56 Å². The minimum Gasteiger partial charge on any atom is -0.330 e. The standard InChI is InChI=1S/C13H18F3N/c1-12(2,3)11(8-17)9-6-4-5-7-10(9)13(14,15)16/h4-7,11H,8,17H2,1-3H3. The zero-order chi connectivity index (χ0) is 13.3. The first-order valence-corrected chi connectivity index (χ1v) is 5.54. The van der Waals surface area contributed by atoms with Crippen LogP contribution in [0.25, 0.3) is 0 Å². The monoisotopic (exact) mass is 245 g/mol. The molecule has 0 amide bonds. The fourth-order valence-electron chi connectivity index (χ4n) is 2.01. The molecule has 96 valence electrons. The van der Waals surface area contributed by atoms with Crippen LogP contribution in [0.4, 0.5) is 13.2 Å². The molecule has 17 heavy (non-hydrogen) atoms. The number of benzene rings is 1. The molecular weight excluding hydrogens is 227 g/mol. The zero-order valence-electron chi connectivity index (χ0n) is 10.3. The molecule has 0 aromatic heterocycles. The van der Waals surface area contributed by atoms with Crippen molar-refractivity contribution < 1.29 is 13.2 Å². The van der Waals surface area contributed by atoms with E-state index in [9.17, 15) is 13.2 Å². The Hall–Kier alpha value is -1.03. The van der Waals surface area contributed by atoms with Crippen LogP contribution in [0.5, 0.6) is 0 Å². The molecule has 0 saturated carbocycles. The van der Waals surface area contributed by atoms with E-state index in [-0.39, 0.29) is 23.4 Å². The Balaban J connectivity index is 3.30. The third-order valence-corrected chi connectivity index (χ3v) is 2.92. The highest BCUT2D eigenvalue weighted by molar-refractivity contribution is 5.34. The molecule has 1 aromatic rings. The molecule has 0 aliphatic heterocycles. The fraction of sp³-hybridized carbons (Fsp3) is 0.538. The summed E-state index contributed by atoms with van der Waals surface area (Å²) in [6.07, 6.45) is -4.32. The van der Waals surface area contributed by atoms with Crippen molar-refractivity contribution in [2.75, 3.05) is 6.54 Å². The van der Waals surface area contributed by atoms with Crippen molar-refractivity contribution in [3.63, 3.8) is 0 Å². The molecular formula is C13H18F3N. The number of halogens is 3. The van der Waals surface area contributed by atoms with Gasteiger partial charge in [-0.05, 0) is 23.6 Å². The van der Waals surface area contributed by atoms with Gasteiger partial charge in [0, 0.05) is 5.92 Å². The summed E-state index contributed by atoms with van der Waals surface area (Å²) in [5.74, 6) is -0.305. The molecule has 1 unspecified atom stereocenters. The summed E-state index contributed by atoms with van der Waals surface area (Å²) in [5.41, 5.74) is 5.05. The van der Waals surface area contributed by atoms with E-state index in [4.69, 9.17) is 5.73 Å². The lowest BCUT2D eigenvalue weighted by Crippen LogP contribution is -2.28. The van der Waals surface area contributed by atoms with E-state index in [1.807, 2.05) is 20.8 Å². The zero-order valence-corrected chi connectivity index (χ0v) is 10.3. The van der Waals surface area contributed by atoms with E-state index in [1.165, 1.54) is 12.1 Å². The normalized spacial score (nSPS) is 14.8. The molecule has 1 nitrogen and oxygen atoms in total. The largest absolute Gasteiger partial charge is 0.416 e. The van der Waals surface area contributed by atoms with Crippen LogP contribution in [0.15, 0.2) is 24.3 Å². The second-order valence-corrected chi connectivity index (χ2v) is 5.24. The minimum absolute atomic E-state index is 0.205. The molecule has 1 atom stereocenters. The second-order valence-electron chi connectivity index (χ2n) is 5.24. The van der Waals surface area contributed by atoms with Gasteiger partial charge in [0.15, 0.2) is 0 Å². The maximum Gasteiger partial charge on any atom is 0.416 e. The van der Waals surface area contributed by atoms with Gasteiger partial charge in [-0.2, -0.15) is 13.2 Å². The maximum absolute atomic E-state index is 12.9. The van der Waals surface area contributed by atoms with Crippen molar-refractivity contribution in [1.82, 2.24) is 0 Å². The highest BCUT2D eigenvalue weighted by atomic mass is 19.4. The Labute approximate surface area is 99.8 Å². The summed E-state index contributed by atoms with van der Waals surface area (Å²) in [4.78, 5) is 0. The predicted octanol–water partition coefficient (Wildman–Crippen LogP) is 3.79. The van der Waals surface area contributed by atoms with Crippen LogP contribution in [0, 0.1) is 5.41 Å². The van der Waals surface area contributed by atoms with E-state index in [0.29, 0.717) is 0 Å². The Kier molecular flexibility index (Phi) is 3.87. The van der Waals surface area contributed by atoms with Crippen molar-refractivity contribution in [3.8, 4) is 0 Å². The summed E-state index contributed by atoms with van der Waals surface area (Å²) in [5, 5.41) is 0. The highest BCUT2D eigenvalue weighted by Crippen LogP contribution is 2.41. The van der Waals surface area contributed by atoms with Gasteiger partial charge >= 0.3 is 6.18 Å². The van der Waals surface area contributed by atoms with Gasteiger partial charge < -0.3 is 5.73 Å². The molecule has 0 spiro atoms. The van der Waals surface area contributed by atoms with Crippen molar-refractivity contribution in [3.05, 3.63) is 35.4 Å². The fourth-order valence-corrected chi connectivity index (χ4v) is 2.01. The highest BCUT2D eigenvalue weighted by Gasteiger charge is 2.37. The van der Waals surface area contributed by atoms with E-state index in [0.717, 1.165) is 6.07 Å². The predicted molar refractivity (Wildman–Crippen MR) is 62.7 cm³/mol. The Morgan fingerprint density at radius 1 is 1.12 bits per heavy atom. The van der Waals surface area contributed by atoms with Gasteiger partial charge in [-0.1, -0.05) is 39.0 Å². The third-order valence-electron chi connectivity index (χ3n) is 2.92. The van der Waals surface area contributed by atoms with Gasteiger partial charge in [0.1, 0.15) is 0 Å². The van der Waals surface area contributed by atoms with Crippen LogP contribution in [0.1, 0.15) is 37.8 Å². The van der Waals surface area contributed by atoms with Crippen molar-refractivity contribution in [1.29, 1.82) is 0 Å². The average Bonchev–Trinajstić information content (AvgIpc) is 2.15. The Bertz CT molecular complexity index is 377. The SMILES string of the molecule is CC(C)(C)C(CN)c1ccccc1C(F)(F)F. The quantitative estimate of drug-likeness (QED) is 0.842. The summed E-state index contributed by atoms with van der Waals surface area (Å²) < 4.78 is 38.7. The van der Waals surface area contributed by atoms with Gasteiger partial charge in [0.2, 0.25) is 0 Å². The molecule has 1 aromatic carbocycles. The molecule has 0 aliphatic carbocycles. The lowest BCUT2D eigenvalue weighted by Gasteiger charge is -2.31. The lowest BCUT2D eigenvalue weighted by molar-refractivity contribution is -0.138. The van der Waals surface area contributed by atoms with Crippen molar-refractivity contribution >= 4 is 0 Å². The molecule has 1 rings (SSSR count). The summed E-state index contributed by atoms with van der Waals surface area (Å²) in [7, 11) is 0. The molecule has 0 heterocycles. The van der Waals surface area contributed by atoms with E-state index in [2.05, 4.69) is 0 Å². The minimum atomic E-state index is -4.32. The van der Waals surface area contributed by atoms with Crippen molar-refractivity contribution in [2.45, 2.75) is 32.9 Å². The first kappa shape index (κ1) is 14.0. The number of hydrogen-bond acceptors (Lipinski definition) is 1. The van der Waals surface area contributed by atoms with Crippen LogP contribution in [-0.2, 0) is 6.18 Å². The first-order chi connectivity index (χ1) is 7.68. The maximum atomic E-state index is 12.9. The van der Waals surface area contributed by atoms with Crippen LogP contribution in [-0.4, -0.2) is 6.54 Å². The molecule has 0 saturated heterocycles. The first-order valence-electron chi connectivity index (χ1n) is 5.54. The van der Waals surface area contributed by atoms with Crippen molar-refractivity contribution in [2.24, 2.45) is 11.1 Å². The van der Waals surface area contributed by atoms with Crippen LogP contribution in [0.2, 0.25) is 0 Å². The average molecular weight is 245 g/mol. The van der Waals surface area contributed by atoms with Crippen LogP contribution < -0.4 is 5.73 Å². The van der Waals surface area contributed by atoms with Gasteiger partial charge in [-0.15, -0.1) is 0 Å². The summed E-state index contributed by atoms with van der Waals surface area (Å²) in [6.45, 7) is 5.91. The van der Waals surface area contributed by atoms with Gasteiger partial charge in [0.25, 0.3) is 0 Å². The second kappa shape index (κ2) is 4.69. The van der Waals surface area contributed by atoms with E-state index in [1.54, 1.807) is 6.07 Å². The molecule has 4 heteroatoms. The number of rotatable bonds is 2. The Morgan fingerprint density at radius 3 is 2.06 bits per heavy atom. The molecule has 0 radical (unpaired) electrons. The van der Waals surface area contributed by atoms with Gasteiger partial charge in [-0.3, -0.25) is 0 Å². The molecule has 2 N–H and O–H groups in total. The summed E-state index contributed by atoms with van der Waals surface area (Å²) >= 11 is 0. The number of hydrogen-bond donors (Lipinski definition) is 1. The molecule has 0 aliphatic rings. The number of alkyl halides is 3. The van der Waals surface area contributed by atoms with Gasteiger partial charge in [-0.25, -0.2) is 0 Å². The Morgan fingerprint density at radius 2 is 1.65 bits per heavy atom. The third kappa shape index (κ3) is 3.22. The smallest absolute Gasteiger partial charge is 0.330 e. The molecule has 0 fully saturated rings. The van der Waals surface area contributed by atoms with E-state index < -0.39 is 11.7 Å².